The molecule has 5 nitrogen and oxygen atoms in total. The summed E-state index contributed by atoms with van der Waals surface area (Å²) in [5.74, 6) is -1.43. The Morgan fingerprint density at radius 3 is 2.17 bits per heavy atom. The molecule has 13 heteroatoms. The van der Waals surface area contributed by atoms with Crippen molar-refractivity contribution in [2.75, 3.05) is 13.1 Å². The number of benzene rings is 2. The quantitative estimate of drug-likeness (QED) is 0.267. The monoisotopic (exact) mass is 566 g/mol. The van der Waals surface area contributed by atoms with Crippen LogP contribution in [0.2, 0.25) is 10.0 Å². The number of amides is 1. The predicted molar refractivity (Wildman–Crippen MR) is 125 cm³/mol. The Bertz CT molecular complexity index is 1230. The van der Waals surface area contributed by atoms with Gasteiger partial charge in [-0.3, -0.25) is 19.9 Å². The molecular formula is C23H17Cl2F5N2O3S. The highest BCUT2D eigenvalue weighted by Gasteiger charge is 2.60. The average molecular weight is 567 g/mol. The maximum Gasteiger partial charge on any atom is 0.428 e. The highest BCUT2D eigenvalue weighted by atomic mass is 35.5. The molecule has 2 aromatic carbocycles. The molecule has 1 N–H and O–H groups in total. The topological polar surface area (TPSA) is 58.6 Å². The van der Waals surface area contributed by atoms with Crippen LogP contribution in [0.5, 0.6) is 0 Å². The smallest absolute Gasteiger partial charge is 0.335 e. The van der Waals surface area contributed by atoms with Gasteiger partial charge >= 0.3 is 6.18 Å². The lowest BCUT2D eigenvalue weighted by molar-refractivity contribution is -0.269. The molecule has 0 spiro atoms. The number of carbonyl (C=O) groups excluding carboxylic acids is 2. The van der Waals surface area contributed by atoms with Gasteiger partial charge in [0.05, 0.1) is 28.8 Å². The normalized spacial score (nSPS) is 21.0. The Morgan fingerprint density at radius 1 is 1.06 bits per heavy atom. The largest absolute Gasteiger partial charge is 0.428 e. The molecule has 1 amide bonds. The second-order valence-electron chi connectivity index (χ2n) is 8.44. The highest BCUT2D eigenvalue weighted by molar-refractivity contribution is 7.96. The van der Waals surface area contributed by atoms with Gasteiger partial charge < -0.3 is 4.90 Å². The molecule has 2 heterocycles. The second kappa shape index (κ2) is 9.51. The van der Waals surface area contributed by atoms with Crippen LogP contribution in [0.4, 0.5) is 22.0 Å². The van der Waals surface area contributed by atoms with E-state index in [1.54, 1.807) is 0 Å². The summed E-state index contributed by atoms with van der Waals surface area (Å²) < 4.78 is 71.4. The number of carbonyl (C=O) groups is 2. The number of hydroxylamine groups is 1. The molecule has 1 saturated heterocycles. The van der Waals surface area contributed by atoms with E-state index in [4.69, 9.17) is 28.0 Å². The van der Waals surface area contributed by atoms with Crippen LogP contribution in [0.1, 0.15) is 29.5 Å². The number of likely N-dealkylation sites (tertiary alicyclic amines) is 1. The first-order valence-electron chi connectivity index (χ1n) is 10.4. The second-order valence-corrected chi connectivity index (χ2v) is 9.75. The van der Waals surface area contributed by atoms with E-state index in [1.165, 1.54) is 29.2 Å². The SMILES string of the molecule is O=C(S)CCC(=O)N1CC(F)(c2ccc(C3=CC(c4cc(Cl)c(F)c(Cl)c4)(C(F)(F)F)ON3)cc2)C1. The molecule has 1 fully saturated rings. The van der Waals surface area contributed by atoms with Crippen molar-refractivity contribution >= 4 is 52.6 Å². The zero-order valence-corrected chi connectivity index (χ0v) is 20.5. The van der Waals surface area contributed by atoms with Crippen molar-refractivity contribution in [3.63, 3.8) is 0 Å². The molecule has 1 atom stereocenters. The standard InChI is InChI=1S/C23H17Cl2F5N2O3S/c24-15-7-14(8-16(25)20(15)26)22(23(28,29)30)9-17(31-35-22)12-1-3-13(4-2-12)21(27)10-32(11-21)18(33)5-6-19(34)36/h1-4,7-9,31H,5-6,10-11H2,(H,34,36). The summed E-state index contributed by atoms with van der Waals surface area (Å²) in [5, 5.41) is -1.64. The van der Waals surface area contributed by atoms with Crippen LogP contribution in [0.15, 0.2) is 42.5 Å². The number of nitrogens with zero attached hydrogens (tertiary/aromatic N) is 1. The molecule has 192 valence electrons. The van der Waals surface area contributed by atoms with Crippen LogP contribution < -0.4 is 5.48 Å². The van der Waals surface area contributed by atoms with Crippen molar-refractivity contribution in [1.82, 2.24) is 10.4 Å². The van der Waals surface area contributed by atoms with E-state index in [2.05, 4.69) is 18.1 Å². The minimum atomic E-state index is -4.98. The maximum absolute atomic E-state index is 15.2. The van der Waals surface area contributed by atoms with Crippen LogP contribution >= 0.6 is 35.8 Å². The lowest BCUT2D eigenvalue weighted by Gasteiger charge is -2.44. The van der Waals surface area contributed by atoms with Gasteiger partial charge in [-0.05, 0) is 29.3 Å². The van der Waals surface area contributed by atoms with Gasteiger partial charge in [0.25, 0.3) is 0 Å². The number of thiol groups is 1. The van der Waals surface area contributed by atoms with Gasteiger partial charge in [0.1, 0.15) is 0 Å². The van der Waals surface area contributed by atoms with Gasteiger partial charge in [-0.2, -0.15) is 13.2 Å². The van der Waals surface area contributed by atoms with E-state index < -0.39 is 44.0 Å². The van der Waals surface area contributed by atoms with E-state index in [1.807, 2.05) is 0 Å². The molecule has 2 aliphatic heterocycles. The molecule has 0 aromatic heterocycles. The molecule has 4 rings (SSSR count). The Hall–Kier alpha value is -2.34. The first-order chi connectivity index (χ1) is 16.8. The molecular weight excluding hydrogens is 550 g/mol. The summed E-state index contributed by atoms with van der Waals surface area (Å²) in [6.07, 6.45) is -4.33. The van der Waals surface area contributed by atoms with E-state index in [9.17, 15) is 27.2 Å². The number of nitrogens with one attached hydrogen (secondary N) is 1. The number of hydrogen-bond donors (Lipinski definition) is 2. The summed E-state index contributed by atoms with van der Waals surface area (Å²) in [6.45, 7) is -0.418. The highest BCUT2D eigenvalue weighted by Crippen LogP contribution is 2.48. The van der Waals surface area contributed by atoms with Crippen LogP contribution in [0.3, 0.4) is 0 Å². The molecule has 2 aromatic rings. The lowest BCUT2D eigenvalue weighted by Crippen LogP contribution is -2.58. The number of alkyl halides is 4. The first kappa shape index (κ1) is 26.7. The predicted octanol–water partition coefficient (Wildman–Crippen LogP) is 5.71. The molecule has 0 aliphatic carbocycles. The van der Waals surface area contributed by atoms with Gasteiger partial charge in [0, 0.05) is 18.4 Å². The fourth-order valence-electron chi connectivity index (χ4n) is 3.99. The van der Waals surface area contributed by atoms with E-state index in [0.717, 1.165) is 18.2 Å². The van der Waals surface area contributed by atoms with Gasteiger partial charge in [-0.15, -0.1) is 12.6 Å². The van der Waals surface area contributed by atoms with Gasteiger partial charge in [0.15, 0.2) is 16.6 Å². The summed E-state index contributed by atoms with van der Waals surface area (Å²) in [6, 6.07) is 7.17. The van der Waals surface area contributed by atoms with Crippen LogP contribution in [-0.4, -0.2) is 35.2 Å². The fraction of sp³-hybridized carbons (Fsp3) is 0.304. The Balaban J connectivity index is 1.55. The van der Waals surface area contributed by atoms with Gasteiger partial charge in [-0.1, -0.05) is 47.5 Å². The molecule has 36 heavy (non-hydrogen) atoms. The number of hydrogen-bond acceptors (Lipinski definition) is 4. The van der Waals surface area contributed by atoms with Crippen molar-refractivity contribution < 1.29 is 36.4 Å². The average Bonchev–Trinajstić information content (AvgIpc) is 3.26. The fourth-order valence-corrected chi connectivity index (χ4v) is 4.59. The minimum Gasteiger partial charge on any atom is -0.335 e. The van der Waals surface area contributed by atoms with Crippen molar-refractivity contribution in [2.24, 2.45) is 0 Å². The third kappa shape index (κ3) is 4.81. The zero-order chi connectivity index (χ0) is 26.5. The molecule has 2 aliphatic rings. The van der Waals surface area contributed by atoms with Crippen LogP contribution in [-0.2, 0) is 25.7 Å². The maximum atomic E-state index is 15.2. The molecule has 0 radical (unpaired) electrons. The van der Waals surface area contributed by atoms with E-state index in [-0.39, 0.29) is 48.7 Å². The molecule has 0 bridgehead atoms. The number of rotatable bonds is 6. The summed E-state index contributed by atoms with van der Waals surface area (Å²) in [7, 11) is 0. The number of halogens is 7. The van der Waals surface area contributed by atoms with Crippen molar-refractivity contribution in [3.05, 3.63) is 75.0 Å². The minimum absolute atomic E-state index is 0.0492. The molecule has 1 unspecified atom stereocenters. The Labute approximate surface area is 217 Å². The van der Waals surface area contributed by atoms with E-state index in [0.29, 0.717) is 0 Å². The van der Waals surface area contributed by atoms with Gasteiger partial charge in [-0.25, -0.2) is 8.78 Å². The summed E-state index contributed by atoms with van der Waals surface area (Å²) in [4.78, 5) is 29.1. The van der Waals surface area contributed by atoms with Gasteiger partial charge in [0.2, 0.25) is 11.5 Å². The summed E-state index contributed by atoms with van der Waals surface area (Å²) >= 11 is 15.0. The van der Waals surface area contributed by atoms with Crippen LogP contribution in [0.25, 0.3) is 5.70 Å². The third-order valence-electron chi connectivity index (χ3n) is 6.01. The Morgan fingerprint density at radius 2 is 1.64 bits per heavy atom. The van der Waals surface area contributed by atoms with E-state index >= 15 is 4.39 Å². The third-order valence-corrected chi connectivity index (χ3v) is 6.78. The summed E-state index contributed by atoms with van der Waals surface area (Å²) in [5.41, 5.74) is -2.71. The van der Waals surface area contributed by atoms with Crippen LogP contribution in [0, 0.1) is 5.82 Å². The molecule has 0 saturated carbocycles. The zero-order valence-electron chi connectivity index (χ0n) is 18.1. The van der Waals surface area contributed by atoms with Crippen molar-refractivity contribution in [2.45, 2.75) is 30.3 Å². The van der Waals surface area contributed by atoms with Crippen molar-refractivity contribution in [3.8, 4) is 0 Å². The first-order valence-corrected chi connectivity index (χ1v) is 11.6. The van der Waals surface area contributed by atoms with Crippen molar-refractivity contribution in [1.29, 1.82) is 0 Å². The lowest BCUT2D eigenvalue weighted by atomic mass is 9.86. The Kier molecular flexibility index (Phi) is 7.06.